The number of hydrogen-bond donors (Lipinski definition) is 1. The SMILES string of the molecule is CC(CNCc1cncnc1)c1cccs1. The molecule has 4 heteroatoms. The van der Waals surface area contributed by atoms with Crippen LogP contribution in [0.1, 0.15) is 23.3 Å². The van der Waals surface area contributed by atoms with E-state index in [1.165, 1.54) is 4.88 Å². The van der Waals surface area contributed by atoms with Gasteiger partial charge in [-0.15, -0.1) is 11.3 Å². The average Bonchev–Trinajstić information content (AvgIpc) is 2.84. The lowest BCUT2D eigenvalue weighted by Gasteiger charge is -2.10. The average molecular weight is 233 g/mol. The fourth-order valence-electron chi connectivity index (χ4n) is 1.53. The van der Waals surface area contributed by atoms with Gasteiger partial charge in [0, 0.05) is 41.8 Å². The molecule has 1 unspecified atom stereocenters. The van der Waals surface area contributed by atoms with Gasteiger partial charge in [-0.25, -0.2) is 9.97 Å². The van der Waals surface area contributed by atoms with Gasteiger partial charge in [-0.1, -0.05) is 13.0 Å². The van der Waals surface area contributed by atoms with Crippen LogP contribution in [-0.4, -0.2) is 16.5 Å². The minimum atomic E-state index is 0.560. The molecule has 0 saturated heterocycles. The molecule has 2 aromatic rings. The van der Waals surface area contributed by atoms with Crippen molar-refractivity contribution in [3.63, 3.8) is 0 Å². The third-order valence-corrected chi connectivity index (χ3v) is 3.53. The number of nitrogens with zero attached hydrogens (tertiary/aromatic N) is 2. The zero-order chi connectivity index (χ0) is 11.2. The third-order valence-electron chi connectivity index (χ3n) is 2.42. The molecule has 2 aromatic heterocycles. The molecule has 0 bridgehead atoms. The molecule has 16 heavy (non-hydrogen) atoms. The Morgan fingerprint density at radius 2 is 2.19 bits per heavy atom. The second-order valence-electron chi connectivity index (χ2n) is 3.79. The van der Waals surface area contributed by atoms with Crippen molar-refractivity contribution in [3.8, 4) is 0 Å². The van der Waals surface area contributed by atoms with E-state index in [-0.39, 0.29) is 0 Å². The van der Waals surface area contributed by atoms with E-state index in [1.807, 2.05) is 23.7 Å². The first-order chi connectivity index (χ1) is 7.86. The van der Waals surface area contributed by atoms with Gasteiger partial charge >= 0.3 is 0 Å². The van der Waals surface area contributed by atoms with Crippen molar-refractivity contribution in [2.75, 3.05) is 6.54 Å². The normalized spacial score (nSPS) is 12.6. The maximum absolute atomic E-state index is 3.98. The first-order valence-corrected chi connectivity index (χ1v) is 6.22. The molecule has 0 spiro atoms. The zero-order valence-electron chi connectivity index (χ0n) is 9.26. The highest BCUT2D eigenvalue weighted by atomic mass is 32.1. The predicted molar refractivity (Wildman–Crippen MR) is 66.5 cm³/mol. The summed E-state index contributed by atoms with van der Waals surface area (Å²) in [5.74, 6) is 0.560. The lowest BCUT2D eigenvalue weighted by molar-refractivity contribution is 0.619. The van der Waals surface area contributed by atoms with Gasteiger partial charge in [0.1, 0.15) is 6.33 Å². The molecule has 0 saturated carbocycles. The van der Waals surface area contributed by atoms with E-state index in [4.69, 9.17) is 0 Å². The Bertz CT molecular complexity index is 399. The summed E-state index contributed by atoms with van der Waals surface area (Å²) in [5.41, 5.74) is 1.13. The molecule has 2 rings (SSSR count). The van der Waals surface area contributed by atoms with Crippen molar-refractivity contribution in [1.82, 2.24) is 15.3 Å². The highest BCUT2D eigenvalue weighted by Gasteiger charge is 2.05. The highest BCUT2D eigenvalue weighted by Crippen LogP contribution is 2.19. The molecule has 84 valence electrons. The fourth-order valence-corrected chi connectivity index (χ4v) is 2.31. The molecular weight excluding hydrogens is 218 g/mol. The quantitative estimate of drug-likeness (QED) is 0.862. The maximum Gasteiger partial charge on any atom is 0.115 e. The van der Waals surface area contributed by atoms with Gasteiger partial charge in [0.2, 0.25) is 0 Å². The van der Waals surface area contributed by atoms with Gasteiger partial charge < -0.3 is 5.32 Å². The van der Waals surface area contributed by atoms with Crippen LogP contribution < -0.4 is 5.32 Å². The summed E-state index contributed by atoms with van der Waals surface area (Å²) in [6.45, 7) is 4.05. The topological polar surface area (TPSA) is 37.8 Å². The lowest BCUT2D eigenvalue weighted by Crippen LogP contribution is -2.19. The van der Waals surface area contributed by atoms with Gasteiger partial charge in [-0.2, -0.15) is 0 Å². The summed E-state index contributed by atoms with van der Waals surface area (Å²) in [7, 11) is 0. The molecule has 3 nitrogen and oxygen atoms in total. The smallest absolute Gasteiger partial charge is 0.115 e. The van der Waals surface area contributed by atoms with Gasteiger partial charge in [0.05, 0.1) is 0 Å². The molecule has 2 heterocycles. The Kier molecular flexibility index (Phi) is 4.02. The molecule has 1 atom stereocenters. The summed E-state index contributed by atoms with van der Waals surface area (Å²) in [4.78, 5) is 9.39. The summed E-state index contributed by atoms with van der Waals surface area (Å²) < 4.78 is 0. The summed E-state index contributed by atoms with van der Waals surface area (Å²) in [5, 5.41) is 5.54. The van der Waals surface area contributed by atoms with Crippen LogP contribution >= 0.6 is 11.3 Å². The first kappa shape index (κ1) is 11.2. The molecule has 0 aliphatic carbocycles. The minimum absolute atomic E-state index is 0.560. The third kappa shape index (κ3) is 3.12. The molecule has 1 N–H and O–H groups in total. The van der Waals surface area contributed by atoms with Crippen LogP contribution in [0, 0.1) is 0 Å². The second-order valence-corrected chi connectivity index (χ2v) is 4.77. The minimum Gasteiger partial charge on any atom is -0.312 e. The van der Waals surface area contributed by atoms with Crippen molar-refractivity contribution in [2.24, 2.45) is 0 Å². The monoisotopic (exact) mass is 233 g/mol. The van der Waals surface area contributed by atoms with Crippen LogP contribution in [0.4, 0.5) is 0 Å². The largest absolute Gasteiger partial charge is 0.312 e. The van der Waals surface area contributed by atoms with E-state index in [9.17, 15) is 0 Å². The number of rotatable bonds is 5. The Labute approximate surface area is 99.6 Å². The highest BCUT2D eigenvalue weighted by molar-refractivity contribution is 7.10. The Balaban J connectivity index is 1.76. The summed E-state index contributed by atoms with van der Waals surface area (Å²) >= 11 is 1.81. The van der Waals surface area contributed by atoms with E-state index in [0.717, 1.165) is 18.7 Å². The van der Waals surface area contributed by atoms with Crippen LogP contribution in [0.15, 0.2) is 36.2 Å². The van der Waals surface area contributed by atoms with Crippen molar-refractivity contribution >= 4 is 11.3 Å². The van der Waals surface area contributed by atoms with E-state index in [2.05, 4.69) is 39.7 Å². The second kappa shape index (κ2) is 5.72. The van der Waals surface area contributed by atoms with Crippen LogP contribution in [0.25, 0.3) is 0 Å². The molecule has 0 radical (unpaired) electrons. The van der Waals surface area contributed by atoms with E-state index >= 15 is 0 Å². The van der Waals surface area contributed by atoms with Gasteiger partial charge in [-0.05, 0) is 11.4 Å². The number of hydrogen-bond acceptors (Lipinski definition) is 4. The Morgan fingerprint density at radius 3 is 2.88 bits per heavy atom. The predicted octanol–water partition coefficient (Wildman–Crippen LogP) is 2.43. The standard InChI is InChI=1S/C12H15N3S/c1-10(12-3-2-4-16-12)5-13-6-11-7-14-9-15-8-11/h2-4,7-10,13H,5-6H2,1H3. The van der Waals surface area contributed by atoms with E-state index < -0.39 is 0 Å². The summed E-state index contributed by atoms with van der Waals surface area (Å²) in [6, 6.07) is 4.28. The summed E-state index contributed by atoms with van der Waals surface area (Å²) in [6.07, 6.45) is 5.24. The molecule has 0 fully saturated rings. The van der Waals surface area contributed by atoms with Crippen molar-refractivity contribution < 1.29 is 0 Å². The van der Waals surface area contributed by atoms with Crippen molar-refractivity contribution in [2.45, 2.75) is 19.4 Å². The van der Waals surface area contributed by atoms with Crippen LogP contribution in [0.5, 0.6) is 0 Å². The van der Waals surface area contributed by atoms with Crippen molar-refractivity contribution in [3.05, 3.63) is 46.7 Å². The first-order valence-electron chi connectivity index (χ1n) is 5.34. The van der Waals surface area contributed by atoms with Crippen LogP contribution in [-0.2, 0) is 6.54 Å². The molecule has 0 amide bonds. The number of nitrogens with one attached hydrogen (secondary N) is 1. The Morgan fingerprint density at radius 1 is 1.38 bits per heavy atom. The zero-order valence-corrected chi connectivity index (χ0v) is 10.1. The number of aromatic nitrogens is 2. The molecule has 0 aliphatic heterocycles. The van der Waals surface area contributed by atoms with Crippen LogP contribution in [0.3, 0.4) is 0 Å². The van der Waals surface area contributed by atoms with Gasteiger partial charge in [0.25, 0.3) is 0 Å². The fraction of sp³-hybridized carbons (Fsp3) is 0.333. The van der Waals surface area contributed by atoms with Gasteiger partial charge in [-0.3, -0.25) is 0 Å². The Hall–Kier alpha value is -1.26. The number of thiophene rings is 1. The maximum atomic E-state index is 3.98. The molecule has 0 aromatic carbocycles. The van der Waals surface area contributed by atoms with Crippen molar-refractivity contribution in [1.29, 1.82) is 0 Å². The molecular formula is C12H15N3S. The van der Waals surface area contributed by atoms with Gasteiger partial charge in [0.15, 0.2) is 0 Å². The molecule has 0 aliphatic rings. The van der Waals surface area contributed by atoms with E-state index in [1.54, 1.807) is 6.33 Å². The van der Waals surface area contributed by atoms with E-state index in [0.29, 0.717) is 5.92 Å². The van der Waals surface area contributed by atoms with Crippen LogP contribution in [0.2, 0.25) is 0 Å². The lowest BCUT2D eigenvalue weighted by atomic mass is 10.1.